The molecule has 1 aromatic carbocycles. The van der Waals surface area contributed by atoms with E-state index in [0.29, 0.717) is 17.3 Å². The van der Waals surface area contributed by atoms with Gasteiger partial charge >= 0.3 is 5.51 Å². The van der Waals surface area contributed by atoms with Gasteiger partial charge in [-0.05, 0) is 38.5 Å². The molecule has 1 fully saturated rings. The van der Waals surface area contributed by atoms with Gasteiger partial charge in [0.15, 0.2) is 16.5 Å². The van der Waals surface area contributed by atoms with Crippen molar-refractivity contribution >= 4 is 16.7 Å². The summed E-state index contributed by atoms with van der Waals surface area (Å²) in [6.45, 7) is 10.3. The quantitative estimate of drug-likeness (QED) is 0.705. The molecule has 1 unspecified atom stereocenters. The van der Waals surface area contributed by atoms with Gasteiger partial charge in [-0.2, -0.15) is 13.2 Å². The fourth-order valence-corrected chi connectivity index (χ4v) is 3.78. The molecule has 10 heteroatoms. The number of alkyl halides is 3. The first-order chi connectivity index (χ1) is 14.0. The maximum Gasteiger partial charge on any atom is 0.475 e. The summed E-state index contributed by atoms with van der Waals surface area (Å²) in [5.74, 6) is 1.12. The molecular formula is C20H25F3N4O2S. The van der Waals surface area contributed by atoms with E-state index in [4.69, 9.17) is 4.74 Å². The lowest BCUT2D eigenvalue weighted by atomic mass is 10.1. The van der Waals surface area contributed by atoms with Crippen LogP contribution in [-0.4, -0.2) is 56.3 Å². The predicted octanol–water partition coefficient (Wildman–Crippen LogP) is 3.60. The van der Waals surface area contributed by atoms with Gasteiger partial charge in [-0.3, -0.25) is 4.90 Å². The highest BCUT2D eigenvalue weighted by Gasteiger charge is 2.37. The van der Waals surface area contributed by atoms with Crippen molar-refractivity contribution in [2.45, 2.75) is 43.3 Å². The second-order valence-corrected chi connectivity index (χ2v) is 9.48. The van der Waals surface area contributed by atoms with Crippen LogP contribution in [0.25, 0.3) is 0 Å². The third-order valence-corrected chi connectivity index (χ3v) is 6.00. The first kappa shape index (κ1) is 22.5. The van der Waals surface area contributed by atoms with Crippen molar-refractivity contribution in [3.63, 3.8) is 0 Å². The molecule has 0 bridgehead atoms. The average molecular weight is 443 g/mol. The Labute approximate surface area is 176 Å². The third-order valence-electron chi connectivity index (χ3n) is 4.88. The molecule has 0 saturated carbocycles. The molecule has 2 heterocycles. The Morgan fingerprint density at radius 3 is 2.07 bits per heavy atom. The minimum atomic E-state index is -4.77. The van der Waals surface area contributed by atoms with E-state index in [9.17, 15) is 17.4 Å². The molecule has 0 amide bonds. The summed E-state index contributed by atoms with van der Waals surface area (Å²) in [6, 6.07) is 5.31. The number of halogens is 3. The Morgan fingerprint density at radius 1 is 1.00 bits per heavy atom. The zero-order valence-electron chi connectivity index (χ0n) is 17.1. The highest BCUT2D eigenvalue weighted by molar-refractivity contribution is 7.86. The normalized spacial score (nSPS) is 17.1. The van der Waals surface area contributed by atoms with Crippen LogP contribution in [0.2, 0.25) is 0 Å². The molecule has 1 atom stereocenters. The number of hydrogen-bond acceptors (Lipinski definition) is 6. The highest BCUT2D eigenvalue weighted by atomic mass is 32.2. The molecule has 30 heavy (non-hydrogen) atoms. The lowest BCUT2D eigenvalue weighted by Gasteiger charge is -2.42. The molecule has 0 N–H and O–H groups in total. The zero-order valence-corrected chi connectivity index (χ0v) is 18.0. The molecular weight excluding hydrogens is 417 g/mol. The van der Waals surface area contributed by atoms with E-state index in [1.54, 1.807) is 12.4 Å². The van der Waals surface area contributed by atoms with Crippen LogP contribution in [0.3, 0.4) is 0 Å². The summed E-state index contributed by atoms with van der Waals surface area (Å²) in [5, 5.41) is 0. The molecule has 1 aliphatic rings. The Kier molecular flexibility index (Phi) is 6.66. The molecule has 1 aromatic heterocycles. The summed E-state index contributed by atoms with van der Waals surface area (Å²) in [5.41, 5.74) is -3.97. The molecule has 3 rings (SSSR count). The van der Waals surface area contributed by atoms with E-state index in [0.717, 1.165) is 26.2 Å². The lowest BCUT2D eigenvalue weighted by molar-refractivity contribution is -0.0384. The van der Waals surface area contributed by atoms with Crippen LogP contribution in [0, 0.1) is 0 Å². The number of ether oxygens (including phenoxy) is 1. The Morgan fingerprint density at radius 2 is 1.57 bits per heavy atom. The van der Waals surface area contributed by atoms with Crippen molar-refractivity contribution in [3.05, 3.63) is 42.2 Å². The van der Waals surface area contributed by atoms with Crippen molar-refractivity contribution < 1.29 is 22.1 Å². The van der Waals surface area contributed by atoms with Crippen LogP contribution in [0.4, 0.5) is 19.1 Å². The molecule has 0 spiro atoms. The van der Waals surface area contributed by atoms with Gasteiger partial charge in [-0.1, -0.05) is 12.1 Å². The second-order valence-electron chi connectivity index (χ2n) is 8.01. The first-order valence-electron chi connectivity index (χ1n) is 9.56. The highest BCUT2D eigenvalue weighted by Crippen LogP contribution is 2.26. The van der Waals surface area contributed by atoms with Gasteiger partial charge in [0.25, 0.3) is 0 Å². The van der Waals surface area contributed by atoms with Gasteiger partial charge < -0.3 is 9.64 Å². The fraction of sp³-hybridized carbons (Fsp3) is 0.500. The summed E-state index contributed by atoms with van der Waals surface area (Å²) in [6.07, 6.45) is 3.18. The van der Waals surface area contributed by atoms with Gasteiger partial charge in [0.2, 0.25) is 5.95 Å². The largest absolute Gasteiger partial charge is 0.486 e. The zero-order chi connectivity index (χ0) is 21.9. The predicted molar refractivity (Wildman–Crippen MR) is 109 cm³/mol. The molecule has 2 aromatic rings. The number of rotatable bonds is 5. The summed E-state index contributed by atoms with van der Waals surface area (Å²) >= 11 is 0. The van der Waals surface area contributed by atoms with Crippen LogP contribution < -0.4 is 9.64 Å². The molecule has 0 aliphatic carbocycles. The Bertz CT molecular complexity index is 860. The van der Waals surface area contributed by atoms with Gasteiger partial charge in [-0.15, -0.1) is 0 Å². The summed E-state index contributed by atoms with van der Waals surface area (Å²) < 4.78 is 54.4. The van der Waals surface area contributed by atoms with Gasteiger partial charge in [0, 0.05) is 36.6 Å². The lowest BCUT2D eigenvalue weighted by Crippen LogP contribution is -2.53. The maximum atomic E-state index is 12.5. The van der Waals surface area contributed by atoms with Crippen molar-refractivity contribution in [2.75, 3.05) is 31.1 Å². The Balaban J connectivity index is 1.52. The maximum absolute atomic E-state index is 12.5. The third kappa shape index (κ3) is 5.69. The Hall–Kier alpha value is -2.20. The van der Waals surface area contributed by atoms with Crippen molar-refractivity contribution in [3.8, 4) is 5.75 Å². The van der Waals surface area contributed by atoms with Gasteiger partial charge in [0.05, 0.1) is 12.4 Å². The monoisotopic (exact) mass is 442 g/mol. The number of piperazine rings is 1. The van der Waals surface area contributed by atoms with Crippen molar-refractivity contribution in [1.82, 2.24) is 14.9 Å². The fourth-order valence-electron chi connectivity index (χ4n) is 3.13. The van der Waals surface area contributed by atoms with E-state index in [1.807, 2.05) is 0 Å². The minimum Gasteiger partial charge on any atom is -0.486 e. The van der Waals surface area contributed by atoms with E-state index in [1.165, 1.54) is 24.3 Å². The average Bonchev–Trinajstić information content (AvgIpc) is 2.71. The number of nitrogens with zero attached hydrogens (tertiary/aromatic N) is 4. The van der Waals surface area contributed by atoms with Gasteiger partial charge in [-0.25, -0.2) is 14.2 Å². The minimum absolute atomic E-state index is 0.143. The van der Waals surface area contributed by atoms with E-state index >= 15 is 0 Å². The number of aromatic nitrogens is 2. The molecule has 1 saturated heterocycles. The second kappa shape index (κ2) is 8.89. The van der Waals surface area contributed by atoms with Crippen LogP contribution in [0.5, 0.6) is 5.75 Å². The van der Waals surface area contributed by atoms with Crippen molar-refractivity contribution in [2.24, 2.45) is 0 Å². The van der Waals surface area contributed by atoms with Crippen LogP contribution >= 0.6 is 0 Å². The molecule has 164 valence electrons. The number of hydrogen-bond donors (Lipinski definition) is 0. The van der Waals surface area contributed by atoms with E-state index < -0.39 is 16.3 Å². The number of anilines is 1. The van der Waals surface area contributed by atoms with E-state index in [2.05, 4.69) is 40.5 Å². The van der Waals surface area contributed by atoms with Crippen molar-refractivity contribution in [1.29, 1.82) is 0 Å². The van der Waals surface area contributed by atoms with Crippen LogP contribution in [0.15, 0.2) is 41.6 Å². The van der Waals surface area contributed by atoms with Gasteiger partial charge in [0.1, 0.15) is 6.61 Å². The number of benzene rings is 1. The van der Waals surface area contributed by atoms with Crippen LogP contribution in [-0.2, 0) is 17.4 Å². The molecule has 0 radical (unpaired) electrons. The van der Waals surface area contributed by atoms with Crippen LogP contribution in [0.1, 0.15) is 26.3 Å². The molecule has 1 aliphatic heterocycles. The smallest absolute Gasteiger partial charge is 0.475 e. The standard InChI is InChI=1S/C20H25F3N4O2S/c1-19(2,3)27-10-8-26(9-11-27)18-24-12-16(13-25-18)29-14-15-4-6-17(7-5-15)30(28)20(21,22)23/h4-7,12-13H,8-11,14H2,1-3H3. The first-order valence-corrected chi connectivity index (χ1v) is 10.7. The summed E-state index contributed by atoms with van der Waals surface area (Å²) in [4.78, 5) is 13.0. The molecule has 6 nitrogen and oxygen atoms in total. The van der Waals surface area contributed by atoms with E-state index in [-0.39, 0.29) is 17.0 Å². The summed E-state index contributed by atoms with van der Waals surface area (Å²) in [7, 11) is -3.03. The topological polar surface area (TPSA) is 58.6 Å². The SMILES string of the molecule is CC(C)(C)N1CCN(c2ncc(OCc3ccc(S(=O)C(F)(F)F)cc3)cn2)CC1.